The summed E-state index contributed by atoms with van der Waals surface area (Å²) in [5.41, 5.74) is 5.56. The molecule has 0 aromatic heterocycles. The molecular formula is C5H8BrN. The lowest BCUT2D eigenvalue weighted by atomic mass is 10.3. The Balaban J connectivity index is 2.54. The van der Waals surface area contributed by atoms with E-state index in [-0.39, 0.29) is 0 Å². The van der Waals surface area contributed by atoms with Crippen molar-refractivity contribution >= 4 is 15.9 Å². The highest BCUT2D eigenvalue weighted by molar-refractivity contribution is 9.11. The van der Waals surface area contributed by atoms with Crippen molar-refractivity contribution in [3.8, 4) is 0 Å². The summed E-state index contributed by atoms with van der Waals surface area (Å²) in [4.78, 5) is 0. The van der Waals surface area contributed by atoms with Crippen LogP contribution in [-0.2, 0) is 0 Å². The first-order chi connectivity index (χ1) is 3.30. The minimum atomic E-state index is 0.292. The van der Waals surface area contributed by atoms with Gasteiger partial charge in [0.05, 0.1) is 0 Å². The highest BCUT2D eigenvalue weighted by atomic mass is 79.9. The molecule has 1 aliphatic carbocycles. The molecule has 0 bridgehead atoms. The van der Waals surface area contributed by atoms with Gasteiger partial charge in [0.25, 0.3) is 0 Å². The van der Waals surface area contributed by atoms with E-state index in [1.165, 1.54) is 4.48 Å². The van der Waals surface area contributed by atoms with Crippen molar-refractivity contribution in [3.05, 3.63) is 10.6 Å². The zero-order valence-electron chi connectivity index (χ0n) is 4.02. The molecule has 2 heteroatoms. The molecule has 0 aliphatic heterocycles. The first kappa shape index (κ1) is 5.32. The van der Waals surface area contributed by atoms with Gasteiger partial charge in [0.2, 0.25) is 0 Å². The van der Waals surface area contributed by atoms with E-state index in [2.05, 4.69) is 22.0 Å². The molecule has 1 atom stereocenters. The maximum absolute atomic E-state index is 5.56. The largest absolute Gasteiger partial charge is 0.324 e. The van der Waals surface area contributed by atoms with E-state index in [9.17, 15) is 0 Å². The molecule has 0 fully saturated rings. The van der Waals surface area contributed by atoms with E-state index in [1.54, 1.807) is 0 Å². The average molecular weight is 162 g/mol. The SMILES string of the molecule is NC1CCC=C1Br. The molecule has 1 aliphatic rings. The second-order valence-electron chi connectivity index (χ2n) is 1.77. The Labute approximate surface area is 51.7 Å². The fourth-order valence-electron chi connectivity index (χ4n) is 0.690. The van der Waals surface area contributed by atoms with E-state index in [0.29, 0.717) is 6.04 Å². The van der Waals surface area contributed by atoms with Crippen LogP contribution in [0.4, 0.5) is 0 Å². The first-order valence-electron chi connectivity index (χ1n) is 2.42. The molecule has 1 rings (SSSR count). The summed E-state index contributed by atoms with van der Waals surface area (Å²) in [6, 6.07) is 0.292. The van der Waals surface area contributed by atoms with Gasteiger partial charge in [0, 0.05) is 10.5 Å². The molecule has 1 unspecified atom stereocenters. The summed E-state index contributed by atoms with van der Waals surface area (Å²) in [5, 5.41) is 0. The van der Waals surface area contributed by atoms with Gasteiger partial charge < -0.3 is 5.73 Å². The molecule has 0 aromatic rings. The van der Waals surface area contributed by atoms with Crippen molar-refractivity contribution in [2.24, 2.45) is 5.73 Å². The minimum Gasteiger partial charge on any atom is -0.324 e. The Hall–Kier alpha value is 0.180. The maximum Gasteiger partial charge on any atom is 0.0361 e. The van der Waals surface area contributed by atoms with Gasteiger partial charge in [-0.2, -0.15) is 0 Å². The van der Waals surface area contributed by atoms with Crippen LogP contribution in [0.15, 0.2) is 10.6 Å². The summed E-state index contributed by atoms with van der Waals surface area (Å²) in [5.74, 6) is 0. The van der Waals surface area contributed by atoms with Crippen molar-refractivity contribution in [2.45, 2.75) is 18.9 Å². The predicted octanol–water partition coefficient (Wildman–Crippen LogP) is 1.39. The molecule has 40 valence electrons. The van der Waals surface area contributed by atoms with E-state index in [4.69, 9.17) is 5.73 Å². The highest BCUT2D eigenvalue weighted by Gasteiger charge is 2.09. The number of hydrogen-bond acceptors (Lipinski definition) is 1. The smallest absolute Gasteiger partial charge is 0.0361 e. The Morgan fingerprint density at radius 3 is 2.71 bits per heavy atom. The van der Waals surface area contributed by atoms with E-state index in [0.717, 1.165) is 12.8 Å². The molecule has 0 radical (unpaired) electrons. The molecular weight excluding hydrogens is 154 g/mol. The molecule has 0 spiro atoms. The topological polar surface area (TPSA) is 26.0 Å². The molecule has 0 heterocycles. The van der Waals surface area contributed by atoms with Gasteiger partial charge in [-0.05, 0) is 12.8 Å². The second kappa shape index (κ2) is 1.97. The van der Waals surface area contributed by atoms with Crippen molar-refractivity contribution in [1.29, 1.82) is 0 Å². The minimum absolute atomic E-state index is 0.292. The predicted molar refractivity (Wildman–Crippen MR) is 34.2 cm³/mol. The Morgan fingerprint density at radius 2 is 2.57 bits per heavy atom. The normalized spacial score (nSPS) is 30.6. The van der Waals surface area contributed by atoms with Crippen LogP contribution in [0.5, 0.6) is 0 Å². The number of rotatable bonds is 0. The van der Waals surface area contributed by atoms with Crippen molar-refractivity contribution in [2.75, 3.05) is 0 Å². The van der Waals surface area contributed by atoms with Crippen molar-refractivity contribution in [1.82, 2.24) is 0 Å². The second-order valence-corrected chi connectivity index (χ2v) is 2.69. The van der Waals surface area contributed by atoms with Gasteiger partial charge in [0.1, 0.15) is 0 Å². The summed E-state index contributed by atoms with van der Waals surface area (Å²) < 4.78 is 1.17. The van der Waals surface area contributed by atoms with E-state index >= 15 is 0 Å². The lowest BCUT2D eigenvalue weighted by Crippen LogP contribution is -2.15. The average Bonchev–Trinajstić information content (AvgIpc) is 1.91. The van der Waals surface area contributed by atoms with Crippen molar-refractivity contribution < 1.29 is 0 Å². The van der Waals surface area contributed by atoms with Crippen LogP contribution in [0.3, 0.4) is 0 Å². The lowest BCUT2D eigenvalue weighted by molar-refractivity contribution is 0.775. The third-order valence-corrected chi connectivity index (χ3v) is 2.08. The van der Waals surface area contributed by atoms with Crippen LogP contribution in [-0.4, -0.2) is 6.04 Å². The fourth-order valence-corrected chi connectivity index (χ4v) is 1.15. The molecule has 2 N–H and O–H groups in total. The molecule has 0 saturated heterocycles. The summed E-state index contributed by atoms with van der Waals surface area (Å²) in [6.07, 6.45) is 4.38. The Bertz CT molecular complexity index is 98.3. The third-order valence-electron chi connectivity index (χ3n) is 1.17. The van der Waals surface area contributed by atoms with Crippen LogP contribution in [0, 0.1) is 0 Å². The molecule has 0 amide bonds. The zero-order chi connectivity index (χ0) is 5.28. The summed E-state index contributed by atoms with van der Waals surface area (Å²) >= 11 is 3.34. The molecule has 0 aromatic carbocycles. The quantitative estimate of drug-likeness (QED) is 0.572. The van der Waals surface area contributed by atoms with Gasteiger partial charge in [0.15, 0.2) is 0 Å². The Kier molecular flexibility index (Phi) is 1.50. The Morgan fingerprint density at radius 1 is 1.86 bits per heavy atom. The number of nitrogens with two attached hydrogens (primary N) is 1. The number of hydrogen-bond donors (Lipinski definition) is 1. The molecule has 0 saturated carbocycles. The zero-order valence-corrected chi connectivity index (χ0v) is 5.61. The number of allylic oxidation sites excluding steroid dienone is 1. The summed E-state index contributed by atoms with van der Waals surface area (Å²) in [6.45, 7) is 0. The lowest BCUT2D eigenvalue weighted by Gasteiger charge is -1.97. The van der Waals surface area contributed by atoms with Gasteiger partial charge >= 0.3 is 0 Å². The monoisotopic (exact) mass is 161 g/mol. The number of halogens is 1. The van der Waals surface area contributed by atoms with Crippen LogP contribution in [0.1, 0.15) is 12.8 Å². The maximum atomic E-state index is 5.56. The van der Waals surface area contributed by atoms with Gasteiger partial charge in [-0.15, -0.1) is 0 Å². The van der Waals surface area contributed by atoms with Gasteiger partial charge in [-0.1, -0.05) is 22.0 Å². The summed E-state index contributed by atoms with van der Waals surface area (Å²) in [7, 11) is 0. The standard InChI is InChI=1S/C5H8BrN/c6-4-2-1-3-5(4)7/h2,5H,1,3,7H2. The third kappa shape index (κ3) is 1.04. The van der Waals surface area contributed by atoms with E-state index < -0.39 is 0 Å². The fraction of sp³-hybridized carbons (Fsp3) is 0.600. The molecule has 7 heavy (non-hydrogen) atoms. The first-order valence-corrected chi connectivity index (χ1v) is 3.21. The van der Waals surface area contributed by atoms with E-state index in [1.807, 2.05) is 0 Å². The van der Waals surface area contributed by atoms with Gasteiger partial charge in [-0.3, -0.25) is 0 Å². The van der Waals surface area contributed by atoms with Gasteiger partial charge in [-0.25, -0.2) is 0 Å². The van der Waals surface area contributed by atoms with Crippen LogP contribution < -0.4 is 5.73 Å². The van der Waals surface area contributed by atoms with Crippen LogP contribution in [0.2, 0.25) is 0 Å². The van der Waals surface area contributed by atoms with Crippen LogP contribution in [0.25, 0.3) is 0 Å². The van der Waals surface area contributed by atoms with Crippen molar-refractivity contribution in [3.63, 3.8) is 0 Å². The molecule has 1 nitrogen and oxygen atoms in total. The highest BCUT2D eigenvalue weighted by Crippen LogP contribution is 2.21. The van der Waals surface area contributed by atoms with Crippen LogP contribution >= 0.6 is 15.9 Å².